The molecule has 3 N–H and O–H groups in total. The second-order valence-electron chi connectivity index (χ2n) is 8.35. The lowest BCUT2D eigenvalue weighted by Crippen LogP contribution is -2.39. The van der Waals surface area contributed by atoms with Crippen molar-refractivity contribution in [3.05, 3.63) is 45.9 Å². The molecule has 0 bridgehead atoms. The molecule has 0 unspecified atom stereocenters. The Morgan fingerprint density at radius 2 is 1.94 bits per heavy atom. The number of nitrogens with one attached hydrogen (secondary N) is 1. The molecule has 4 rings (SSSR count). The van der Waals surface area contributed by atoms with Gasteiger partial charge in [-0.3, -0.25) is 4.79 Å². The predicted molar refractivity (Wildman–Crippen MR) is 115 cm³/mol. The maximum atomic E-state index is 13.1. The van der Waals surface area contributed by atoms with Gasteiger partial charge in [-0.05, 0) is 68.3 Å². The van der Waals surface area contributed by atoms with Crippen molar-refractivity contribution >= 4 is 29.0 Å². The number of benzene rings is 1. The fraction of sp³-hybridized carbons (Fsp3) is 0.476. The fourth-order valence-corrected chi connectivity index (χ4v) is 4.40. The van der Waals surface area contributed by atoms with Gasteiger partial charge >= 0.3 is 6.18 Å². The Morgan fingerprint density at radius 1 is 1.22 bits per heavy atom. The number of rotatable bonds is 4. The van der Waals surface area contributed by atoms with Crippen LogP contribution < -0.4 is 11.1 Å². The molecule has 0 atom stereocenters. The van der Waals surface area contributed by atoms with E-state index < -0.39 is 11.7 Å². The summed E-state index contributed by atoms with van der Waals surface area (Å²) in [4.78, 5) is 25.4. The van der Waals surface area contributed by atoms with Crippen molar-refractivity contribution in [2.75, 3.05) is 31.2 Å². The number of nitrogens with two attached hydrogens (primary N) is 1. The quantitative estimate of drug-likeness (QED) is 0.527. The average molecular weight is 469 g/mol. The Labute approximate surface area is 188 Å². The van der Waals surface area contributed by atoms with Gasteiger partial charge in [0, 0.05) is 23.7 Å². The molecule has 2 aliphatic heterocycles. The van der Waals surface area contributed by atoms with Crippen molar-refractivity contribution in [1.29, 1.82) is 0 Å². The highest BCUT2D eigenvalue weighted by Gasteiger charge is 2.34. The standard InChI is InChI=1S/C21H24ClF3N6O/c1-30-4-2-13(3-5-30)19(32)31-10-16-17(11-31)28-20(22)29-18(16)27-9-12-6-14(21(23,24)25)8-15(26)7-12/h6-8,13H,2-5,9-11,26H2,1H3,(H,27,28,29). The number of piperidine rings is 1. The Bertz CT molecular complexity index is 1020. The molecule has 1 aromatic carbocycles. The summed E-state index contributed by atoms with van der Waals surface area (Å²) in [6.45, 7) is 2.51. The number of fused-ring (bicyclic) bond motifs is 1. The highest BCUT2D eigenvalue weighted by atomic mass is 35.5. The SMILES string of the molecule is CN1CCC(C(=O)N2Cc3nc(Cl)nc(NCc4cc(N)cc(C(F)(F)F)c4)c3C2)CC1. The van der Waals surface area contributed by atoms with Gasteiger partial charge in [0.1, 0.15) is 5.82 Å². The number of halogens is 4. The van der Waals surface area contributed by atoms with Crippen LogP contribution in [-0.4, -0.2) is 45.8 Å². The molecule has 0 radical (unpaired) electrons. The maximum Gasteiger partial charge on any atom is 0.416 e. The van der Waals surface area contributed by atoms with E-state index in [0.717, 1.165) is 43.6 Å². The number of amides is 1. The van der Waals surface area contributed by atoms with Gasteiger partial charge in [-0.2, -0.15) is 13.2 Å². The van der Waals surface area contributed by atoms with E-state index in [2.05, 4.69) is 20.2 Å². The fourth-order valence-electron chi connectivity index (χ4n) is 4.21. The Kier molecular flexibility index (Phi) is 6.17. The summed E-state index contributed by atoms with van der Waals surface area (Å²) < 4.78 is 39.3. The summed E-state index contributed by atoms with van der Waals surface area (Å²) in [7, 11) is 2.04. The summed E-state index contributed by atoms with van der Waals surface area (Å²) in [5, 5.41) is 3.07. The number of carbonyl (C=O) groups excluding carboxylic acids is 1. The molecule has 32 heavy (non-hydrogen) atoms. The molecule has 172 valence electrons. The van der Waals surface area contributed by atoms with Gasteiger partial charge < -0.3 is 20.9 Å². The first kappa shape index (κ1) is 22.6. The van der Waals surface area contributed by atoms with Crippen LogP contribution >= 0.6 is 11.6 Å². The van der Waals surface area contributed by atoms with Gasteiger partial charge in [-0.15, -0.1) is 0 Å². The van der Waals surface area contributed by atoms with Crippen LogP contribution in [0.4, 0.5) is 24.7 Å². The van der Waals surface area contributed by atoms with Crippen molar-refractivity contribution in [2.24, 2.45) is 5.92 Å². The number of anilines is 2. The van der Waals surface area contributed by atoms with E-state index in [1.54, 1.807) is 4.90 Å². The van der Waals surface area contributed by atoms with E-state index in [4.69, 9.17) is 17.3 Å². The van der Waals surface area contributed by atoms with Crippen LogP contribution in [0.1, 0.15) is 35.2 Å². The number of carbonyl (C=O) groups is 1. The van der Waals surface area contributed by atoms with E-state index in [1.165, 1.54) is 6.07 Å². The lowest BCUT2D eigenvalue weighted by Gasteiger charge is -2.30. The number of aromatic nitrogens is 2. The van der Waals surface area contributed by atoms with Crippen molar-refractivity contribution in [2.45, 2.75) is 38.7 Å². The summed E-state index contributed by atoms with van der Waals surface area (Å²) in [6, 6.07) is 3.42. The largest absolute Gasteiger partial charge is 0.416 e. The smallest absolute Gasteiger partial charge is 0.399 e. The van der Waals surface area contributed by atoms with Gasteiger partial charge in [0.15, 0.2) is 0 Å². The molecule has 3 heterocycles. The van der Waals surface area contributed by atoms with Crippen molar-refractivity contribution in [3.63, 3.8) is 0 Å². The van der Waals surface area contributed by atoms with Gasteiger partial charge in [-0.25, -0.2) is 9.97 Å². The Hall–Kier alpha value is -2.59. The molecule has 1 fully saturated rings. The number of hydrogen-bond acceptors (Lipinski definition) is 6. The maximum absolute atomic E-state index is 13.1. The first-order chi connectivity index (χ1) is 15.1. The van der Waals surface area contributed by atoms with Crippen LogP contribution in [0.25, 0.3) is 0 Å². The first-order valence-electron chi connectivity index (χ1n) is 10.3. The van der Waals surface area contributed by atoms with Crippen LogP contribution in [0.5, 0.6) is 0 Å². The van der Waals surface area contributed by atoms with E-state index in [0.29, 0.717) is 30.2 Å². The molecule has 2 aliphatic rings. The third-order valence-corrected chi connectivity index (χ3v) is 6.11. The van der Waals surface area contributed by atoms with Gasteiger partial charge in [0.2, 0.25) is 11.2 Å². The molecule has 0 spiro atoms. The summed E-state index contributed by atoms with van der Waals surface area (Å²) in [6.07, 6.45) is -2.86. The van der Waals surface area contributed by atoms with E-state index >= 15 is 0 Å². The van der Waals surface area contributed by atoms with Crippen LogP contribution in [0.3, 0.4) is 0 Å². The van der Waals surface area contributed by atoms with Crippen LogP contribution in [0.2, 0.25) is 5.28 Å². The molecular formula is C21H24ClF3N6O. The average Bonchev–Trinajstić information content (AvgIpc) is 3.15. The number of alkyl halides is 3. The van der Waals surface area contributed by atoms with E-state index in [9.17, 15) is 18.0 Å². The summed E-state index contributed by atoms with van der Waals surface area (Å²) in [5.41, 5.74) is 6.61. The van der Waals surface area contributed by atoms with Gasteiger partial charge in [-0.1, -0.05) is 0 Å². The molecule has 2 aromatic rings. The van der Waals surface area contributed by atoms with E-state index in [1.807, 2.05) is 7.05 Å². The molecule has 1 saturated heterocycles. The predicted octanol–water partition coefficient (Wildman–Crippen LogP) is 3.53. The lowest BCUT2D eigenvalue weighted by atomic mass is 9.96. The zero-order chi connectivity index (χ0) is 23.0. The van der Waals surface area contributed by atoms with Crippen molar-refractivity contribution in [1.82, 2.24) is 19.8 Å². The van der Waals surface area contributed by atoms with Crippen LogP contribution in [0, 0.1) is 5.92 Å². The number of hydrogen-bond donors (Lipinski definition) is 2. The molecule has 1 aromatic heterocycles. The second kappa shape index (κ2) is 8.74. The second-order valence-corrected chi connectivity index (χ2v) is 8.69. The summed E-state index contributed by atoms with van der Waals surface area (Å²) in [5.74, 6) is 0.479. The Morgan fingerprint density at radius 3 is 2.62 bits per heavy atom. The Balaban J connectivity index is 1.49. The van der Waals surface area contributed by atoms with Crippen molar-refractivity contribution < 1.29 is 18.0 Å². The van der Waals surface area contributed by atoms with Crippen LogP contribution in [0.15, 0.2) is 18.2 Å². The molecule has 0 saturated carbocycles. The number of likely N-dealkylation sites (tertiary alicyclic amines) is 1. The third-order valence-electron chi connectivity index (χ3n) is 5.94. The molecule has 11 heteroatoms. The topological polar surface area (TPSA) is 87.4 Å². The molecule has 7 nitrogen and oxygen atoms in total. The van der Waals surface area contributed by atoms with Crippen molar-refractivity contribution in [3.8, 4) is 0 Å². The number of nitrogen functional groups attached to an aromatic ring is 1. The molecular weight excluding hydrogens is 445 g/mol. The lowest BCUT2D eigenvalue weighted by molar-refractivity contribution is -0.138. The monoisotopic (exact) mass is 468 g/mol. The normalized spacial score (nSPS) is 17.5. The highest BCUT2D eigenvalue weighted by molar-refractivity contribution is 6.28. The third kappa shape index (κ3) is 4.91. The zero-order valence-electron chi connectivity index (χ0n) is 17.5. The summed E-state index contributed by atoms with van der Waals surface area (Å²) >= 11 is 6.07. The van der Waals surface area contributed by atoms with E-state index in [-0.39, 0.29) is 29.3 Å². The molecule has 1 amide bonds. The number of nitrogens with zero attached hydrogens (tertiary/aromatic N) is 4. The zero-order valence-corrected chi connectivity index (χ0v) is 18.3. The minimum atomic E-state index is -4.49. The van der Waals surface area contributed by atoms with Gasteiger partial charge in [0.05, 0.1) is 24.3 Å². The van der Waals surface area contributed by atoms with Gasteiger partial charge in [0.25, 0.3) is 0 Å². The highest BCUT2D eigenvalue weighted by Crippen LogP contribution is 2.33. The minimum absolute atomic E-state index is 0.0170. The molecule has 0 aliphatic carbocycles. The van der Waals surface area contributed by atoms with Crippen LogP contribution in [-0.2, 0) is 30.6 Å². The first-order valence-corrected chi connectivity index (χ1v) is 10.7. The minimum Gasteiger partial charge on any atom is -0.399 e.